The maximum Gasteiger partial charge on any atom is 0.119 e. The quantitative estimate of drug-likeness (QED) is 0.529. The van der Waals surface area contributed by atoms with Crippen LogP contribution in [0.5, 0.6) is 5.75 Å². The molecule has 1 rings (SSSR count). The van der Waals surface area contributed by atoms with Crippen molar-refractivity contribution in [1.29, 1.82) is 0 Å². The number of aryl methyl sites for hydroxylation is 2. The van der Waals surface area contributed by atoms with E-state index in [1.54, 1.807) is 7.11 Å². The molecule has 0 radical (unpaired) electrons. The molecule has 1 aromatic rings. The second-order valence-electron chi connectivity index (χ2n) is 4.47. The van der Waals surface area contributed by atoms with Crippen molar-refractivity contribution in [2.24, 2.45) is 0 Å². The molecule has 16 heavy (non-hydrogen) atoms. The number of unbranched alkanes of at least 4 members (excludes halogenated alkanes) is 1. The summed E-state index contributed by atoms with van der Waals surface area (Å²) in [5, 5.41) is 0. The molecular weight excluding hydrogens is 196 g/mol. The lowest BCUT2D eigenvalue weighted by atomic mass is 10.0. The molecule has 0 aliphatic carbocycles. The van der Waals surface area contributed by atoms with Crippen molar-refractivity contribution in [2.45, 2.75) is 40.0 Å². The van der Waals surface area contributed by atoms with Crippen molar-refractivity contribution in [3.05, 3.63) is 41.0 Å². The van der Waals surface area contributed by atoms with Crippen LogP contribution in [0.2, 0.25) is 0 Å². The van der Waals surface area contributed by atoms with E-state index in [9.17, 15) is 0 Å². The van der Waals surface area contributed by atoms with Crippen LogP contribution in [-0.4, -0.2) is 7.11 Å². The minimum absolute atomic E-state index is 0.950. The van der Waals surface area contributed by atoms with E-state index in [0.29, 0.717) is 0 Å². The summed E-state index contributed by atoms with van der Waals surface area (Å²) in [5.74, 6) is 0.950. The van der Waals surface area contributed by atoms with Crippen LogP contribution in [0.4, 0.5) is 0 Å². The zero-order chi connectivity index (χ0) is 12.0. The molecule has 0 amide bonds. The Balaban J connectivity index is 2.51. The maximum atomic E-state index is 5.20. The molecule has 0 unspecified atom stereocenters. The van der Waals surface area contributed by atoms with Gasteiger partial charge in [-0.05, 0) is 63.3 Å². The first kappa shape index (κ1) is 12.8. The van der Waals surface area contributed by atoms with Crippen LogP contribution in [-0.2, 0) is 6.42 Å². The summed E-state index contributed by atoms with van der Waals surface area (Å²) in [5.41, 5.74) is 4.17. The van der Waals surface area contributed by atoms with E-state index in [0.717, 1.165) is 12.2 Å². The van der Waals surface area contributed by atoms with Gasteiger partial charge in [0.1, 0.15) is 5.75 Å². The third kappa shape index (κ3) is 4.09. The van der Waals surface area contributed by atoms with Crippen molar-refractivity contribution in [3.8, 4) is 5.75 Å². The normalized spacial score (nSPS) is 10.0. The van der Waals surface area contributed by atoms with E-state index in [1.165, 1.54) is 29.5 Å². The first-order chi connectivity index (χ1) is 7.63. The number of benzene rings is 1. The summed E-state index contributed by atoms with van der Waals surface area (Å²) in [6, 6.07) is 6.33. The highest BCUT2D eigenvalue weighted by molar-refractivity contribution is 5.34. The first-order valence-electron chi connectivity index (χ1n) is 5.90. The monoisotopic (exact) mass is 218 g/mol. The minimum Gasteiger partial charge on any atom is -0.497 e. The van der Waals surface area contributed by atoms with E-state index < -0.39 is 0 Å². The molecule has 1 heteroatoms. The number of hydrogen-bond acceptors (Lipinski definition) is 1. The Kier molecular flexibility index (Phi) is 5.10. The standard InChI is InChI=1S/C15H22O/c1-12(2)7-5-6-8-14-9-10-15(16-4)11-13(14)3/h7,9-11H,5-6,8H2,1-4H3. The third-order valence-electron chi connectivity index (χ3n) is 2.75. The lowest BCUT2D eigenvalue weighted by Gasteiger charge is -2.07. The molecule has 0 spiro atoms. The average Bonchev–Trinajstić information content (AvgIpc) is 2.25. The minimum atomic E-state index is 0.950. The molecule has 0 aliphatic rings. The predicted molar refractivity (Wildman–Crippen MR) is 70.1 cm³/mol. The van der Waals surface area contributed by atoms with Gasteiger partial charge >= 0.3 is 0 Å². The highest BCUT2D eigenvalue weighted by Crippen LogP contribution is 2.18. The molecule has 1 nitrogen and oxygen atoms in total. The topological polar surface area (TPSA) is 9.23 Å². The van der Waals surface area contributed by atoms with E-state index in [-0.39, 0.29) is 0 Å². The molecule has 0 aromatic heterocycles. The fourth-order valence-corrected chi connectivity index (χ4v) is 1.76. The number of hydrogen-bond donors (Lipinski definition) is 0. The lowest BCUT2D eigenvalue weighted by molar-refractivity contribution is 0.414. The van der Waals surface area contributed by atoms with E-state index >= 15 is 0 Å². The molecule has 0 aliphatic heterocycles. The van der Waals surface area contributed by atoms with Crippen molar-refractivity contribution in [2.75, 3.05) is 7.11 Å². The van der Waals surface area contributed by atoms with E-state index in [4.69, 9.17) is 4.74 Å². The van der Waals surface area contributed by atoms with Crippen LogP contribution in [0.1, 0.15) is 37.8 Å². The first-order valence-corrected chi connectivity index (χ1v) is 5.90. The van der Waals surface area contributed by atoms with Gasteiger partial charge in [0, 0.05) is 0 Å². The van der Waals surface area contributed by atoms with Crippen LogP contribution in [0.25, 0.3) is 0 Å². The Hall–Kier alpha value is -1.24. The highest BCUT2D eigenvalue weighted by Gasteiger charge is 1.99. The summed E-state index contributed by atoms with van der Waals surface area (Å²) < 4.78 is 5.20. The van der Waals surface area contributed by atoms with Gasteiger partial charge in [-0.2, -0.15) is 0 Å². The van der Waals surface area contributed by atoms with Gasteiger partial charge in [-0.15, -0.1) is 0 Å². The summed E-state index contributed by atoms with van der Waals surface area (Å²) in [4.78, 5) is 0. The van der Waals surface area contributed by atoms with Crippen LogP contribution < -0.4 is 4.74 Å². The SMILES string of the molecule is COc1ccc(CCCC=C(C)C)c(C)c1. The molecule has 0 saturated carbocycles. The van der Waals surface area contributed by atoms with Crippen molar-refractivity contribution >= 4 is 0 Å². The van der Waals surface area contributed by atoms with Crippen molar-refractivity contribution in [3.63, 3.8) is 0 Å². The van der Waals surface area contributed by atoms with Crippen LogP contribution in [0.15, 0.2) is 29.8 Å². The predicted octanol–water partition coefficient (Wildman–Crippen LogP) is 4.29. The number of methoxy groups -OCH3 is 1. The lowest BCUT2D eigenvalue weighted by Crippen LogP contribution is -1.91. The Morgan fingerprint density at radius 1 is 1.31 bits per heavy atom. The smallest absolute Gasteiger partial charge is 0.119 e. The molecule has 0 N–H and O–H groups in total. The second-order valence-corrected chi connectivity index (χ2v) is 4.47. The van der Waals surface area contributed by atoms with Crippen LogP contribution in [0.3, 0.4) is 0 Å². The van der Waals surface area contributed by atoms with Gasteiger partial charge in [0.25, 0.3) is 0 Å². The van der Waals surface area contributed by atoms with Gasteiger partial charge in [-0.1, -0.05) is 17.7 Å². The number of rotatable bonds is 5. The van der Waals surface area contributed by atoms with Gasteiger partial charge in [0.15, 0.2) is 0 Å². The van der Waals surface area contributed by atoms with Gasteiger partial charge in [0.05, 0.1) is 7.11 Å². The molecule has 0 atom stereocenters. The highest BCUT2D eigenvalue weighted by atomic mass is 16.5. The van der Waals surface area contributed by atoms with Gasteiger partial charge in [-0.25, -0.2) is 0 Å². The molecule has 88 valence electrons. The van der Waals surface area contributed by atoms with Crippen LogP contribution in [0, 0.1) is 6.92 Å². The van der Waals surface area contributed by atoms with Crippen LogP contribution >= 0.6 is 0 Å². The molecule has 0 bridgehead atoms. The van der Waals surface area contributed by atoms with Gasteiger partial charge < -0.3 is 4.74 Å². The zero-order valence-electron chi connectivity index (χ0n) is 10.8. The van der Waals surface area contributed by atoms with E-state index in [2.05, 4.69) is 39.0 Å². The van der Waals surface area contributed by atoms with E-state index in [1.807, 2.05) is 6.07 Å². The van der Waals surface area contributed by atoms with Gasteiger partial charge in [-0.3, -0.25) is 0 Å². The molecule has 0 fully saturated rings. The van der Waals surface area contributed by atoms with Crippen molar-refractivity contribution < 1.29 is 4.74 Å². The number of allylic oxidation sites excluding steroid dienone is 2. The summed E-state index contributed by atoms with van der Waals surface area (Å²) >= 11 is 0. The fourth-order valence-electron chi connectivity index (χ4n) is 1.76. The Bertz CT molecular complexity index is 360. The molecular formula is C15H22O. The Labute approximate surface area is 99.1 Å². The largest absolute Gasteiger partial charge is 0.497 e. The molecule has 0 heterocycles. The third-order valence-corrected chi connectivity index (χ3v) is 2.75. The second kappa shape index (κ2) is 6.37. The Morgan fingerprint density at radius 3 is 2.62 bits per heavy atom. The number of ether oxygens (including phenoxy) is 1. The van der Waals surface area contributed by atoms with Crippen molar-refractivity contribution in [1.82, 2.24) is 0 Å². The average molecular weight is 218 g/mol. The molecule has 1 aromatic carbocycles. The van der Waals surface area contributed by atoms with Gasteiger partial charge in [0.2, 0.25) is 0 Å². The molecule has 0 saturated heterocycles. The summed E-state index contributed by atoms with van der Waals surface area (Å²) in [6.07, 6.45) is 5.85. The fraction of sp³-hybridized carbons (Fsp3) is 0.467. The summed E-state index contributed by atoms with van der Waals surface area (Å²) in [7, 11) is 1.71. The Morgan fingerprint density at radius 2 is 2.06 bits per heavy atom. The summed E-state index contributed by atoms with van der Waals surface area (Å²) in [6.45, 7) is 6.45. The zero-order valence-corrected chi connectivity index (χ0v) is 10.8. The maximum absolute atomic E-state index is 5.20.